The van der Waals surface area contributed by atoms with Crippen molar-refractivity contribution in [1.82, 2.24) is 9.97 Å². The maximum Gasteiger partial charge on any atom is 0.247 e. The first kappa shape index (κ1) is 13.5. The highest BCUT2D eigenvalue weighted by atomic mass is 32.2. The lowest BCUT2D eigenvalue weighted by molar-refractivity contribution is 0.600. The van der Waals surface area contributed by atoms with Crippen molar-refractivity contribution in [3.63, 3.8) is 0 Å². The van der Waals surface area contributed by atoms with Gasteiger partial charge < -0.3 is 5.32 Å². The van der Waals surface area contributed by atoms with E-state index in [1.165, 1.54) is 6.07 Å². The summed E-state index contributed by atoms with van der Waals surface area (Å²) in [6, 6.07) is 5.08. The molecule has 0 aliphatic heterocycles. The van der Waals surface area contributed by atoms with E-state index in [-0.39, 0.29) is 4.21 Å². The van der Waals surface area contributed by atoms with Gasteiger partial charge in [0, 0.05) is 17.0 Å². The van der Waals surface area contributed by atoms with Gasteiger partial charge in [-0.05, 0) is 31.0 Å². The summed E-state index contributed by atoms with van der Waals surface area (Å²) >= 11 is 1.16. The van der Waals surface area contributed by atoms with Crippen LogP contribution in [-0.4, -0.2) is 18.4 Å². The van der Waals surface area contributed by atoms with E-state index in [2.05, 4.69) is 15.3 Å². The van der Waals surface area contributed by atoms with Crippen molar-refractivity contribution >= 4 is 27.2 Å². The Morgan fingerprint density at radius 3 is 2.80 bits per heavy atom. The number of anilines is 1. The molecule has 106 valence electrons. The fourth-order valence-corrected chi connectivity index (χ4v) is 3.51. The first-order valence-electron chi connectivity index (χ1n) is 6.21. The largest absolute Gasteiger partial charge is 0.365 e. The molecule has 2 aromatic heterocycles. The fraction of sp³-hybridized carbons (Fsp3) is 0.333. The van der Waals surface area contributed by atoms with Crippen molar-refractivity contribution < 1.29 is 8.42 Å². The minimum atomic E-state index is -3.61. The molecule has 0 atom stereocenters. The summed E-state index contributed by atoms with van der Waals surface area (Å²) in [5.74, 6) is 2.14. The standard InChI is InChI=1S/C12H14N4O2S2/c13-20(17,18)11-4-3-9(19-11)7-15-10-5-6-14-12(16-10)8-1-2-8/h3-6,8H,1-2,7H2,(H2,13,17,18)(H,14,15,16). The zero-order valence-corrected chi connectivity index (χ0v) is 12.2. The Morgan fingerprint density at radius 2 is 2.15 bits per heavy atom. The summed E-state index contributed by atoms with van der Waals surface area (Å²) in [6.07, 6.45) is 4.06. The molecule has 0 spiro atoms. The minimum absolute atomic E-state index is 0.177. The van der Waals surface area contributed by atoms with Crippen LogP contribution in [0, 0.1) is 0 Å². The van der Waals surface area contributed by atoms with Crippen LogP contribution in [-0.2, 0) is 16.6 Å². The van der Waals surface area contributed by atoms with Crippen LogP contribution in [0.25, 0.3) is 0 Å². The maximum atomic E-state index is 11.2. The predicted octanol–water partition coefficient (Wildman–Crippen LogP) is 1.67. The number of hydrogen-bond donors (Lipinski definition) is 2. The van der Waals surface area contributed by atoms with Crippen molar-refractivity contribution in [2.24, 2.45) is 5.14 Å². The SMILES string of the molecule is NS(=O)(=O)c1ccc(CNc2ccnc(C3CC3)n2)s1. The molecule has 1 saturated carbocycles. The number of nitrogens with two attached hydrogens (primary N) is 1. The molecule has 1 aliphatic carbocycles. The van der Waals surface area contributed by atoms with E-state index >= 15 is 0 Å². The zero-order valence-electron chi connectivity index (χ0n) is 10.6. The predicted molar refractivity (Wildman–Crippen MR) is 77.0 cm³/mol. The zero-order chi connectivity index (χ0) is 14.2. The fourth-order valence-electron chi connectivity index (χ4n) is 1.79. The van der Waals surface area contributed by atoms with E-state index in [4.69, 9.17) is 5.14 Å². The number of nitrogens with one attached hydrogen (secondary N) is 1. The average molecular weight is 310 g/mol. The van der Waals surface area contributed by atoms with Crippen LogP contribution in [0.3, 0.4) is 0 Å². The van der Waals surface area contributed by atoms with Gasteiger partial charge in [0.2, 0.25) is 10.0 Å². The second-order valence-corrected chi connectivity index (χ2v) is 7.65. The van der Waals surface area contributed by atoms with Gasteiger partial charge in [-0.1, -0.05) is 0 Å². The number of aromatic nitrogens is 2. The summed E-state index contributed by atoms with van der Waals surface area (Å²) < 4.78 is 22.6. The Morgan fingerprint density at radius 1 is 1.35 bits per heavy atom. The van der Waals surface area contributed by atoms with Gasteiger partial charge in [-0.2, -0.15) is 0 Å². The molecule has 8 heteroatoms. The maximum absolute atomic E-state index is 11.2. The van der Waals surface area contributed by atoms with E-state index in [0.29, 0.717) is 12.5 Å². The number of rotatable bonds is 5. The van der Waals surface area contributed by atoms with Crippen LogP contribution < -0.4 is 10.5 Å². The highest BCUT2D eigenvalue weighted by molar-refractivity contribution is 7.91. The first-order valence-corrected chi connectivity index (χ1v) is 8.57. The molecule has 2 aromatic rings. The molecule has 3 N–H and O–H groups in total. The normalized spacial score (nSPS) is 15.2. The monoisotopic (exact) mass is 310 g/mol. The molecule has 20 heavy (non-hydrogen) atoms. The molecule has 0 bridgehead atoms. The van der Waals surface area contributed by atoms with Gasteiger partial charge in [0.05, 0.1) is 6.54 Å². The van der Waals surface area contributed by atoms with E-state index in [1.54, 1.807) is 18.3 Å². The third kappa shape index (κ3) is 3.14. The Bertz CT molecular complexity index is 723. The second kappa shape index (κ2) is 5.12. The Labute approximate surface area is 121 Å². The van der Waals surface area contributed by atoms with E-state index in [0.717, 1.165) is 40.7 Å². The van der Waals surface area contributed by atoms with E-state index < -0.39 is 10.0 Å². The van der Waals surface area contributed by atoms with Gasteiger partial charge in [0.1, 0.15) is 15.9 Å². The van der Waals surface area contributed by atoms with Crippen molar-refractivity contribution in [3.8, 4) is 0 Å². The van der Waals surface area contributed by atoms with Crippen molar-refractivity contribution in [1.29, 1.82) is 0 Å². The summed E-state index contributed by atoms with van der Waals surface area (Å²) in [4.78, 5) is 9.58. The van der Waals surface area contributed by atoms with Crippen molar-refractivity contribution in [2.75, 3.05) is 5.32 Å². The van der Waals surface area contributed by atoms with Gasteiger partial charge in [0.25, 0.3) is 0 Å². The van der Waals surface area contributed by atoms with Gasteiger partial charge in [-0.3, -0.25) is 0 Å². The van der Waals surface area contributed by atoms with Gasteiger partial charge in [-0.25, -0.2) is 23.5 Å². The van der Waals surface area contributed by atoms with Gasteiger partial charge in [0.15, 0.2) is 0 Å². The molecule has 3 rings (SSSR count). The smallest absolute Gasteiger partial charge is 0.247 e. The molecule has 0 saturated heterocycles. The minimum Gasteiger partial charge on any atom is -0.365 e. The third-order valence-corrected chi connectivity index (χ3v) is 5.50. The highest BCUT2D eigenvalue weighted by Gasteiger charge is 2.26. The van der Waals surface area contributed by atoms with Crippen molar-refractivity contribution in [2.45, 2.75) is 29.5 Å². The summed E-state index contributed by atoms with van der Waals surface area (Å²) in [5, 5.41) is 8.25. The van der Waals surface area contributed by atoms with Crippen LogP contribution in [0.5, 0.6) is 0 Å². The van der Waals surface area contributed by atoms with Crippen LogP contribution >= 0.6 is 11.3 Å². The summed E-state index contributed by atoms with van der Waals surface area (Å²) in [5.41, 5.74) is 0. The van der Waals surface area contributed by atoms with Crippen LogP contribution in [0.2, 0.25) is 0 Å². The highest BCUT2D eigenvalue weighted by Crippen LogP contribution is 2.38. The summed E-state index contributed by atoms with van der Waals surface area (Å²) in [6.45, 7) is 0.515. The van der Waals surface area contributed by atoms with Crippen molar-refractivity contribution in [3.05, 3.63) is 35.1 Å². The molecule has 6 nitrogen and oxygen atoms in total. The number of thiophene rings is 1. The molecule has 1 aliphatic rings. The van der Waals surface area contributed by atoms with Gasteiger partial charge >= 0.3 is 0 Å². The number of hydrogen-bond acceptors (Lipinski definition) is 6. The Kier molecular flexibility index (Phi) is 3.45. The van der Waals surface area contributed by atoms with Crippen LogP contribution in [0.1, 0.15) is 29.5 Å². The lowest BCUT2D eigenvalue weighted by atomic mass is 10.4. The number of sulfonamides is 1. The second-order valence-electron chi connectivity index (χ2n) is 4.69. The van der Waals surface area contributed by atoms with E-state index in [9.17, 15) is 8.42 Å². The molecular formula is C12H14N4O2S2. The molecule has 0 unspecified atom stereocenters. The lowest BCUT2D eigenvalue weighted by Crippen LogP contribution is -2.09. The average Bonchev–Trinajstić information content (AvgIpc) is 3.14. The molecule has 0 aromatic carbocycles. The first-order chi connectivity index (χ1) is 9.52. The molecule has 1 fully saturated rings. The molecule has 0 amide bonds. The number of primary sulfonamides is 1. The Hall–Kier alpha value is -1.51. The third-order valence-electron chi connectivity index (χ3n) is 2.98. The van der Waals surface area contributed by atoms with Crippen LogP contribution in [0.15, 0.2) is 28.6 Å². The molecule has 0 radical (unpaired) electrons. The Balaban J connectivity index is 1.67. The van der Waals surface area contributed by atoms with E-state index in [1.807, 2.05) is 0 Å². The number of nitrogens with zero attached hydrogens (tertiary/aromatic N) is 2. The quantitative estimate of drug-likeness (QED) is 0.875. The summed E-state index contributed by atoms with van der Waals surface area (Å²) in [7, 11) is -3.61. The van der Waals surface area contributed by atoms with Crippen LogP contribution in [0.4, 0.5) is 5.82 Å². The lowest BCUT2D eigenvalue weighted by Gasteiger charge is -2.05. The molecule has 2 heterocycles. The molecular weight excluding hydrogens is 296 g/mol. The van der Waals surface area contributed by atoms with Gasteiger partial charge in [-0.15, -0.1) is 11.3 Å². The topological polar surface area (TPSA) is 98.0 Å².